The first-order chi connectivity index (χ1) is 9.71. The molecule has 0 saturated carbocycles. The van der Waals surface area contributed by atoms with Crippen LogP contribution in [0.3, 0.4) is 0 Å². The Balaban J connectivity index is 2.17. The van der Waals surface area contributed by atoms with Crippen molar-refractivity contribution in [3.63, 3.8) is 0 Å². The molecule has 118 valence electrons. The van der Waals surface area contributed by atoms with Gasteiger partial charge in [0, 0.05) is 12.5 Å². The molecule has 6 nitrogen and oxygen atoms in total. The molecule has 0 aromatic carbocycles. The maximum Gasteiger partial charge on any atom is 0.241 e. The van der Waals surface area contributed by atoms with E-state index in [4.69, 9.17) is 4.52 Å². The van der Waals surface area contributed by atoms with Crippen LogP contribution in [0.15, 0.2) is 16.2 Å². The molecule has 0 radical (unpaired) electrons. The van der Waals surface area contributed by atoms with Crippen LogP contribution in [-0.2, 0) is 22.0 Å². The molecule has 0 N–H and O–H groups in total. The number of sulfonamides is 1. The Morgan fingerprint density at radius 2 is 2.10 bits per heavy atom. The van der Waals surface area contributed by atoms with Crippen molar-refractivity contribution in [3.8, 4) is 0 Å². The van der Waals surface area contributed by atoms with E-state index in [0.717, 1.165) is 19.1 Å². The maximum absolute atomic E-state index is 11.4. The fraction of sp³-hybridized carbons (Fsp3) is 0.714. The Kier molecular flexibility index (Phi) is 4.53. The van der Waals surface area contributed by atoms with Gasteiger partial charge in [0.2, 0.25) is 15.9 Å². The van der Waals surface area contributed by atoms with Crippen molar-refractivity contribution in [3.05, 3.63) is 23.4 Å². The molecular weight excluding hydrogens is 290 g/mol. The third-order valence-corrected chi connectivity index (χ3v) is 5.31. The summed E-state index contributed by atoms with van der Waals surface area (Å²) in [4.78, 5) is 4.39. The molecular formula is C14H23N3O3S. The Bertz CT molecular complexity index is 632. The van der Waals surface area contributed by atoms with Crippen LogP contribution in [0.5, 0.6) is 0 Å². The summed E-state index contributed by atoms with van der Waals surface area (Å²) < 4.78 is 29.2. The molecule has 1 aliphatic rings. The molecule has 0 spiro atoms. The second-order valence-corrected chi connectivity index (χ2v) is 8.22. The molecule has 2 rings (SSSR count). The van der Waals surface area contributed by atoms with E-state index >= 15 is 0 Å². The Morgan fingerprint density at radius 3 is 2.67 bits per heavy atom. The van der Waals surface area contributed by atoms with Gasteiger partial charge >= 0.3 is 0 Å². The summed E-state index contributed by atoms with van der Waals surface area (Å²) in [5.74, 6) is 0.940. The maximum atomic E-state index is 11.4. The van der Waals surface area contributed by atoms with Gasteiger partial charge in [-0.2, -0.15) is 9.29 Å². The van der Waals surface area contributed by atoms with Crippen molar-refractivity contribution in [2.75, 3.05) is 13.3 Å². The predicted octanol–water partition coefficient (Wildman–Crippen LogP) is 2.24. The molecule has 0 fully saturated rings. The highest BCUT2D eigenvalue weighted by Gasteiger charge is 2.31. The fourth-order valence-corrected chi connectivity index (χ4v) is 2.78. The van der Waals surface area contributed by atoms with E-state index < -0.39 is 10.0 Å². The van der Waals surface area contributed by atoms with Crippen molar-refractivity contribution >= 4 is 10.0 Å². The second-order valence-electron chi connectivity index (χ2n) is 6.13. The van der Waals surface area contributed by atoms with Gasteiger partial charge in [0.1, 0.15) is 0 Å². The molecule has 0 unspecified atom stereocenters. The number of rotatable bonds is 5. The minimum absolute atomic E-state index is 0.0982. The summed E-state index contributed by atoms with van der Waals surface area (Å²) in [5.41, 5.74) is 1.06. The predicted molar refractivity (Wildman–Crippen MR) is 80.2 cm³/mol. The molecule has 0 atom stereocenters. The number of hydrogen-bond donors (Lipinski definition) is 0. The zero-order valence-corrected chi connectivity index (χ0v) is 13.9. The first-order valence-electron chi connectivity index (χ1n) is 7.15. The van der Waals surface area contributed by atoms with Crippen LogP contribution in [-0.4, -0.2) is 36.2 Å². The van der Waals surface area contributed by atoms with Gasteiger partial charge in [0.25, 0.3) is 0 Å². The van der Waals surface area contributed by atoms with Gasteiger partial charge in [-0.1, -0.05) is 16.8 Å². The second kappa shape index (κ2) is 5.88. The van der Waals surface area contributed by atoms with E-state index in [9.17, 15) is 8.42 Å². The third kappa shape index (κ3) is 3.71. The van der Waals surface area contributed by atoms with Crippen molar-refractivity contribution < 1.29 is 12.9 Å². The Labute approximate surface area is 126 Å². The monoisotopic (exact) mass is 313 g/mol. The van der Waals surface area contributed by atoms with Crippen LogP contribution < -0.4 is 0 Å². The summed E-state index contributed by atoms with van der Waals surface area (Å²) in [5, 5.41) is 4.05. The highest BCUT2D eigenvalue weighted by Crippen LogP contribution is 2.35. The lowest BCUT2D eigenvalue weighted by Crippen LogP contribution is -2.26. The van der Waals surface area contributed by atoms with E-state index in [0.29, 0.717) is 11.7 Å². The molecule has 0 amide bonds. The Hall–Kier alpha value is -1.21. The van der Waals surface area contributed by atoms with Gasteiger partial charge in [-0.15, -0.1) is 0 Å². The highest BCUT2D eigenvalue weighted by molar-refractivity contribution is 7.88. The van der Waals surface area contributed by atoms with Gasteiger partial charge in [-0.25, -0.2) is 8.42 Å². The quantitative estimate of drug-likeness (QED) is 0.779. The van der Waals surface area contributed by atoms with E-state index in [-0.39, 0.29) is 12.0 Å². The first kappa shape index (κ1) is 16.2. The van der Waals surface area contributed by atoms with Crippen LogP contribution in [0.2, 0.25) is 0 Å². The average molecular weight is 313 g/mol. The third-order valence-electron chi connectivity index (χ3n) is 4.04. The van der Waals surface area contributed by atoms with E-state index in [1.54, 1.807) is 0 Å². The summed E-state index contributed by atoms with van der Waals surface area (Å²) in [6.07, 6.45) is 8.00. The summed E-state index contributed by atoms with van der Waals surface area (Å²) in [7, 11) is -1.76. The topological polar surface area (TPSA) is 76.3 Å². The largest absolute Gasteiger partial charge is 0.338 e. The van der Waals surface area contributed by atoms with Gasteiger partial charge < -0.3 is 4.52 Å². The molecule has 0 saturated heterocycles. The average Bonchev–Trinajstić information content (AvgIpc) is 2.88. The van der Waals surface area contributed by atoms with Crippen LogP contribution in [0, 0.1) is 0 Å². The molecule has 0 aliphatic heterocycles. The SMILES string of the molecule is CN(Cc1nc(C(C)(C)C2=CCCCC2)no1)S(C)(=O)=O. The molecule has 1 aromatic rings. The van der Waals surface area contributed by atoms with E-state index in [1.807, 2.05) is 0 Å². The summed E-state index contributed by atoms with van der Waals surface area (Å²) in [6, 6.07) is 0. The van der Waals surface area contributed by atoms with E-state index in [2.05, 4.69) is 30.1 Å². The van der Waals surface area contributed by atoms with Crippen molar-refractivity contribution in [1.29, 1.82) is 0 Å². The van der Waals surface area contributed by atoms with Gasteiger partial charge in [-0.05, 0) is 39.5 Å². The lowest BCUT2D eigenvalue weighted by Gasteiger charge is -2.27. The highest BCUT2D eigenvalue weighted by atomic mass is 32.2. The molecule has 1 heterocycles. The molecule has 7 heteroatoms. The lowest BCUT2D eigenvalue weighted by atomic mass is 9.78. The van der Waals surface area contributed by atoms with Crippen LogP contribution in [0.1, 0.15) is 51.2 Å². The van der Waals surface area contributed by atoms with Gasteiger partial charge in [-0.3, -0.25) is 0 Å². The van der Waals surface area contributed by atoms with Crippen molar-refractivity contribution in [1.82, 2.24) is 14.4 Å². The van der Waals surface area contributed by atoms with Crippen molar-refractivity contribution in [2.45, 2.75) is 51.5 Å². The summed E-state index contributed by atoms with van der Waals surface area (Å²) in [6.45, 7) is 4.26. The van der Waals surface area contributed by atoms with Crippen molar-refractivity contribution in [2.24, 2.45) is 0 Å². The van der Waals surface area contributed by atoms with Crippen LogP contribution in [0.25, 0.3) is 0 Å². The zero-order valence-electron chi connectivity index (χ0n) is 13.1. The minimum atomic E-state index is -3.25. The summed E-state index contributed by atoms with van der Waals surface area (Å²) >= 11 is 0. The lowest BCUT2D eigenvalue weighted by molar-refractivity contribution is 0.330. The fourth-order valence-electron chi connectivity index (χ4n) is 2.43. The number of aromatic nitrogens is 2. The normalized spacial score (nSPS) is 17.1. The van der Waals surface area contributed by atoms with Gasteiger partial charge in [0.05, 0.1) is 12.8 Å². The number of hydrogen-bond acceptors (Lipinski definition) is 5. The van der Waals surface area contributed by atoms with Crippen LogP contribution >= 0.6 is 0 Å². The van der Waals surface area contributed by atoms with Gasteiger partial charge in [0.15, 0.2) is 5.82 Å². The molecule has 1 aromatic heterocycles. The zero-order chi connectivity index (χ0) is 15.7. The standard InChI is InChI=1S/C14H23N3O3S/c1-14(2,11-8-6-5-7-9-11)13-15-12(20-16-13)10-17(3)21(4,18)19/h8H,5-7,9-10H2,1-4H3. The number of nitrogens with zero attached hydrogens (tertiary/aromatic N) is 3. The molecule has 1 aliphatic carbocycles. The van der Waals surface area contributed by atoms with E-state index in [1.165, 1.54) is 29.8 Å². The smallest absolute Gasteiger partial charge is 0.241 e. The molecule has 21 heavy (non-hydrogen) atoms. The Morgan fingerprint density at radius 1 is 1.38 bits per heavy atom. The van der Waals surface area contributed by atoms with Crippen LogP contribution in [0.4, 0.5) is 0 Å². The molecule has 0 bridgehead atoms. The minimum Gasteiger partial charge on any atom is -0.338 e. The first-order valence-corrected chi connectivity index (χ1v) is 9.00. The number of allylic oxidation sites excluding steroid dienone is 2.